The summed E-state index contributed by atoms with van der Waals surface area (Å²) in [6.45, 7) is 8.69. The van der Waals surface area contributed by atoms with E-state index in [0.29, 0.717) is 6.10 Å². The van der Waals surface area contributed by atoms with E-state index in [1.165, 1.54) is 5.56 Å². The molecule has 0 unspecified atom stereocenters. The molecule has 0 radical (unpaired) electrons. The second-order valence-corrected chi connectivity index (χ2v) is 6.67. The maximum absolute atomic E-state index is 5.75. The quantitative estimate of drug-likeness (QED) is 0.240. The van der Waals surface area contributed by atoms with Crippen molar-refractivity contribution >= 4 is 29.9 Å². The first-order chi connectivity index (χ1) is 13.2. The van der Waals surface area contributed by atoms with Crippen molar-refractivity contribution < 1.29 is 14.2 Å². The van der Waals surface area contributed by atoms with E-state index < -0.39 is 0 Å². The first-order valence-corrected chi connectivity index (χ1v) is 10.1. The zero-order valence-corrected chi connectivity index (χ0v) is 20.0. The molecule has 1 aromatic rings. The number of halogens is 1. The molecule has 1 aromatic carbocycles. The van der Waals surface area contributed by atoms with Crippen LogP contribution in [-0.2, 0) is 11.2 Å². The van der Waals surface area contributed by atoms with Crippen LogP contribution in [0, 0.1) is 0 Å². The highest BCUT2D eigenvalue weighted by Crippen LogP contribution is 2.27. The smallest absolute Gasteiger partial charge is 0.193 e. The Morgan fingerprint density at radius 1 is 1.14 bits per heavy atom. The summed E-state index contributed by atoms with van der Waals surface area (Å²) in [6, 6.07) is 6.10. The lowest BCUT2D eigenvalue weighted by Gasteiger charge is -2.34. The highest BCUT2D eigenvalue weighted by molar-refractivity contribution is 14.0. The molecule has 6 nitrogen and oxygen atoms in total. The Morgan fingerprint density at radius 2 is 1.86 bits per heavy atom. The number of hydrogen-bond acceptors (Lipinski definition) is 4. The summed E-state index contributed by atoms with van der Waals surface area (Å²) in [4.78, 5) is 7.19. The minimum atomic E-state index is 0. The van der Waals surface area contributed by atoms with E-state index in [4.69, 9.17) is 19.2 Å². The van der Waals surface area contributed by atoms with Crippen LogP contribution in [-0.4, -0.2) is 64.0 Å². The summed E-state index contributed by atoms with van der Waals surface area (Å²) in [6.07, 6.45) is 4.52. The summed E-state index contributed by atoms with van der Waals surface area (Å²) in [7, 11) is 3.33. The molecule has 1 saturated heterocycles. The molecular weight excluding hydrogens is 469 g/mol. The Balaban J connectivity index is 0.00000392. The largest absolute Gasteiger partial charge is 0.493 e. The lowest BCUT2D eigenvalue weighted by atomic mass is 10.1. The Kier molecular flexibility index (Phi) is 12.3. The van der Waals surface area contributed by atoms with Crippen LogP contribution in [0.15, 0.2) is 23.2 Å². The van der Waals surface area contributed by atoms with Crippen LogP contribution in [0.4, 0.5) is 0 Å². The van der Waals surface area contributed by atoms with E-state index in [9.17, 15) is 0 Å². The molecule has 0 aliphatic carbocycles. The van der Waals surface area contributed by atoms with Gasteiger partial charge in [-0.3, -0.25) is 4.99 Å². The lowest BCUT2D eigenvalue weighted by molar-refractivity contribution is 0.0264. The van der Waals surface area contributed by atoms with Crippen molar-refractivity contribution in [1.82, 2.24) is 10.2 Å². The number of guanidine groups is 1. The SMILES string of the molecule is CCNC(=NCCCc1ccc(OC)c(OC)c1)N1CCC(OCC)CC1.I. The number of ether oxygens (including phenoxy) is 3. The predicted octanol–water partition coefficient (Wildman–Crippen LogP) is 3.72. The van der Waals surface area contributed by atoms with Crippen molar-refractivity contribution in [2.24, 2.45) is 4.99 Å². The molecule has 1 aliphatic rings. The van der Waals surface area contributed by atoms with Gasteiger partial charge >= 0.3 is 0 Å². The second-order valence-electron chi connectivity index (χ2n) is 6.67. The number of nitrogens with zero attached hydrogens (tertiary/aromatic N) is 2. The lowest BCUT2D eigenvalue weighted by Crippen LogP contribution is -2.47. The predicted molar refractivity (Wildman–Crippen MR) is 125 cm³/mol. The Morgan fingerprint density at radius 3 is 2.46 bits per heavy atom. The van der Waals surface area contributed by atoms with Crippen LogP contribution in [0.1, 0.15) is 38.7 Å². The van der Waals surface area contributed by atoms with Crippen molar-refractivity contribution in [3.8, 4) is 11.5 Å². The third-order valence-electron chi connectivity index (χ3n) is 4.81. The molecule has 2 rings (SSSR count). The number of benzene rings is 1. The van der Waals surface area contributed by atoms with E-state index in [-0.39, 0.29) is 24.0 Å². The normalized spacial score (nSPS) is 15.1. The molecular formula is C21H36IN3O3. The van der Waals surface area contributed by atoms with E-state index in [1.807, 2.05) is 12.1 Å². The zero-order chi connectivity index (χ0) is 19.5. The summed E-state index contributed by atoms with van der Waals surface area (Å²) >= 11 is 0. The fourth-order valence-corrected chi connectivity index (χ4v) is 3.40. The van der Waals surface area contributed by atoms with E-state index in [1.54, 1.807) is 14.2 Å². The van der Waals surface area contributed by atoms with Gasteiger partial charge in [0, 0.05) is 32.8 Å². The van der Waals surface area contributed by atoms with E-state index in [0.717, 1.165) is 75.9 Å². The molecule has 0 aromatic heterocycles. The van der Waals surface area contributed by atoms with Crippen LogP contribution in [0.25, 0.3) is 0 Å². The van der Waals surface area contributed by atoms with Gasteiger partial charge in [-0.1, -0.05) is 6.07 Å². The highest BCUT2D eigenvalue weighted by atomic mass is 127. The number of aryl methyl sites for hydroxylation is 1. The van der Waals surface area contributed by atoms with Gasteiger partial charge in [-0.25, -0.2) is 0 Å². The van der Waals surface area contributed by atoms with Gasteiger partial charge in [0.05, 0.1) is 20.3 Å². The zero-order valence-electron chi connectivity index (χ0n) is 17.7. The van der Waals surface area contributed by atoms with Crippen LogP contribution in [0.2, 0.25) is 0 Å². The van der Waals surface area contributed by atoms with Crippen molar-refractivity contribution in [2.75, 3.05) is 47.0 Å². The monoisotopic (exact) mass is 505 g/mol. The molecule has 1 aliphatic heterocycles. The van der Waals surface area contributed by atoms with Crippen molar-refractivity contribution in [2.45, 2.75) is 45.6 Å². The molecule has 0 spiro atoms. The van der Waals surface area contributed by atoms with Crippen LogP contribution in [0.3, 0.4) is 0 Å². The summed E-state index contributed by atoms with van der Waals surface area (Å²) in [5, 5.41) is 3.43. The minimum Gasteiger partial charge on any atom is -0.493 e. The Bertz CT molecular complexity index is 590. The Labute approximate surface area is 187 Å². The van der Waals surface area contributed by atoms with Gasteiger partial charge < -0.3 is 24.4 Å². The summed E-state index contributed by atoms with van der Waals surface area (Å²) < 4.78 is 16.4. The van der Waals surface area contributed by atoms with Crippen molar-refractivity contribution in [3.63, 3.8) is 0 Å². The highest BCUT2D eigenvalue weighted by Gasteiger charge is 2.21. The average molecular weight is 505 g/mol. The first kappa shape index (κ1) is 24.8. The van der Waals surface area contributed by atoms with Crippen LogP contribution < -0.4 is 14.8 Å². The molecule has 0 amide bonds. The van der Waals surface area contributed by atoms with Gasteiger partial charge in [-0.2, -0.15) is 0 Å². The molecule has 1 N–H and O–H groups in total. The van der Waals surface area contributed by atoms with Gasteiger partial charge in [0.25, 0.3) is 0 Å². The molecule has 0 bridgehead atoms. The number of aliphatic imine (C=N–C) groups is 1. The average Bonchev–Trinajstić information content (AvgIpc) is 2.71. The van der Waals surface area contributed by atoms with E-state index >= 15 is 0 Å². The molecule has 1 heterocycles. The molecule has 0 saturated carbocycles. The number of likely N-dealkylation sites (tertiary alicyclic amines) is 1. The standard InChI is InChI=1S/C21H35N3O3.HI/c1-5-22-21(24-14-11-18(12-15-24)27-6-2)23-13-7-8-17-9-10-19(25-3)20(16-17)26-4;/h9-10,16,18H,5-8,11-15H2,1-4H3,(H,22,23);1H. The third-order valence-corrected chi connectivity index (χ3v) is 4.81. The summed E-state index contributed by atoms with van der Waals surface area (Å²) in [5.74, 6) is 2.58. The summed E-state index contributed by atoms with van der Waals surface area (Å²) in [5.41, 5.74) is 1.24. The molecule has 28 heavy (non-hydrogen) atoms. The number of rotatable bonds is 9. The minimum absolute atomic E-state index is 0. The molecule has 160 valence electrons. The molecule has 1 fully saturated rings. The fraction of sp³-hybridized carbons (Fsp3) is 0.667. The molecule has 7 heteroatoms. The number of hydrogen-bond donors (Lipinski definition) is 1. The van der Waals surface area contributed by atoms with Gasteiger partial charge in [0.2, 0.25) is 0 Å². The second kappa shape index (κ2) is 13.9. The van der Waals surface area contributed by atoms with Gasteiger partial charge in [-0.05, 0) is 57.2 Å². The number of nitrogens with one attached hydrogen (secondary N) is 1. The van der Waals surface area contributed by atoms with E-state index in [2.05, 4.69) is 30.1 Å². The third kappa shape index (κ3) is 7.66. The van der Waals surface area contributed by atoms with Gasteiger partial charge in [0.1, 0.15) is 0 Å². The number of methoxy groups -OCH3 is 2. The van der Waals surface area contributed by atoms with Crippen LogP contribution >= 0.6 is 24.0 Å². The maximum Gasteiger partial charge on any atom is 0.193 e. The van der Waals surface area contributed by atoms with Crippen molar-refractivity contribution in [1.29, 1.82) is 0 Å². The van der Waals surface area contributed by atoms with Crippen molar-refractivity contribution in [3.05, 3.63) is 23.8 Å². The Hall–Kier alpha value is -1.22. The van der Waals surface area contributed by atoms with Gasteiger partial charge in [0.15, 0.2) is 17.5 Å². The number of piperidine rings is 1. The van der Waals surface area contributed by atoms with Crippen LogP contribution in [0.5, 0.6) is 11.5 Å². The fourth-order valence-electron chi connectivity index (χ4n) is 3.40. The molecule has 0 atom stereocenters. The topological polar surface area (TPSA) is 55.3 Å². The maximum atomic E-state index is 5.75. The first-order valence-electron chi connectivity index (χ1n) is 10.1. The van der Waals surface area contributed by atoms with Gasteiger partial charge in [-0.15, -0.1) is 24.0 Å².